The molecule has 3 aromatic rings. The van der Waals surface area contributed by atoms with Crippen LogP contribution in [-0.4, -0.2) is 36.2 Å². The number of carboxylic acid groups (broad SMARTS) is 1. The summed E-state index contributed by atoms with van der Waals surface area (Å²) < 4.78 is 19.9. The molecule has 0 aromatic heterocycles. The molecule has 8 heteroatoms. The molecule has 3 aromatic carbocycles. The van der Waals surface area contributed by atoms with Gasteiger partial charge in [-0.15, -0.1) is 0 Å². The molecule has 0 saturated carbocycles. The Kier molecular flexibility index (Phi) is 9.72. The molecule has 1 atom stereocenters. The van der Waals surface area contributed by atoms with Crippen molar-refractivity contribution in [1.29, 1.82) is 0 Å². The van der Waals surface area contributed by atoms with Crippen LogP contribution in [0.15, 0.2) is 48.5 Å². The summed E-state index contributed by atoms with van der Waals surface area (Å²) in [6.07, 6.45) is -0.0647. The molecule has 0 amide bonds. The van der Waals surface area contributed by atoms with Gasteiger partial charge in [-0.25, -0.2) is 10.2 Å². The largest absolute Gasteiger partial charge is 0.489 e. The average molecular weight is 523 g/mol. The van der Waals surface area contributed by atoms with Crippen molar-refractivity contribution < 1.29 is 19.0 Å². The van der Waals surface area contributed by atoms with E-state index in [2.05, 4.69) is 11.0 Å². The van der Waals surface area contributed by atoms with Gasteiger partial charge in [0.1, 0.15) is 6.61 Å². The third-order valence-electron chi connectivity index (χ3n) is 6.93. The molecule has 1 aliphatic heterocycles. The number of nitrogens with zero attached hydrogens (tertiary/aromatic N) is 2. The second kappa shape index (κ2) is 12.8. The van der Waals surface area contributed by atoms with E-state index in [1.807, 2.05) is 58.0 Å². The highest BCUT2D eigenvalue weighted by Gasteiger charge is 2.24. The van der Waals surface area contributed by atoms with Crippen molar-refractivity contribution in [2.75, 3.05) is 30.9 Å². The van der Waals surface area contributed by atoms with E-state index in [0.29, 0.717) is 43.4 Å². The van der Waals surface area contributed by atoms with E-state index >= 15 is 0 Å². The lowest BCUT2D eigenvalue weighted by atomic mass is 9.84. The van der Waals surface area contributed by atoms with Gasteiger partial charge in [-0.05, 0) is 53.8 Å². The van der Waals surface area contributed by atoms with Gasteiger partial charge in [-0.3, -0.25) is 9.69 Å². The fourth-order valence-electron chi connectivity index (χ4n) is 4.89. The maximum Gasteiger partial charge on any atom is 0.304 e. The zero-order chi connectivity index (χ0) is 28.0. The Labute approximate surface area is 224 Å². The molecule has 0 aliphatic carbocycles. The molecule has 5 N–H and O–H groups in total. The molecule has 204 valence electrons. The first-order valence-corrected chi connectivity index (χ1v) is 13.0. The molecule has 0 radical (unpaired) electrons. The molecule has 0 fully saturated rings. The van der Waals surface area contributed by atoms with Gasteiger partial charge in [0, 0.05) is 38.2 Å². The van der Waals surface area contributed by atoms with Gasteiger partial charge in [0.15, 0.2) is 11.6 Å². The van der Waals surface area contributed by atoms with E-state index in [0.717, 1.165) is 33.4 Å². The van der Waals surface area contributed by atoms with Gasteiger partial charge >= 0.3 is 5.97 Å². The number of benzene rings is 3. The number of anilines is 2. The number of aryl methyl sites for hydroxylation is 1. The number of aliphatic carboxylic acids is 1. The van der Waals surface area contributed by atoms with Crippen LogP contribution in [0.2, 0.25) is 0 Å². The summed E-state index contributed by atoms with van der Waals surface area (Å²) in [6.45, 7) is 10.2. The van der Waals surface area contributed by atoms with Gasteiger partial charge in [0.05, 0.1) is 17.8 Å². The Morgan fingerprint density at radius 1 is 1.18 bits per heavy atom. The lowest BCUT2D eigenvalue weighted by Gasteiger charge is -2.25. The smallest absolute Gasteiger partial charge is 0.304 e. The normalized spacial score (nSPS) is 13.9. The first-order valence-electron chi connectivity index (χ1n) is 13.0. The number of para-hydroxylation sites is 1. The monoisotopic (exact) mass is 522 g/mol. The van der Waals surface area contributed by atoms with Crippen molar-refractivity contribution in [1.82, 2.24) is 4.90 Å². The Hall–Kier alpha value is -3.62. The lowest BCUT2D eigenvalue weighted by molar-refractivity contribution is -0.137. The minimum atomic E-state index is -0.886. The summed E-state index contributed by atoms with van der Waals surface area (Å²) in [5, 5.41) is 11.2. The van der Waals surface area contributed by atoms with E-state index in [-0.39, 0.29) is 18.2 Å². The predicted molar refractivity (Wildman–Crippen MR) is 151 cm³/mol. The standard InChI is InChI=1S/C28H33FN4O3.C2H6/c1-17-7-8-19(23(14-26(34)35)22-9-10-25(32(3)31)27(30)18(22)2)13-21(17)16-33-11-12-36-28-20(15-33)5-4-6-24(28)29;1-2/h4-10,13,23H,11-12,14-16,30-31H2,1-3H3,(H,34,35);1-2H3. The number of halogens is 1. The summed E-state index contributed by atoms with van der Waals surface area (Å²) >= 11 is 0. The topological polar surface area (TPSA) is 105 Å². The highest BCUT2D eigenvalue weighted by molar-refractivity contribution is 5.74. The van der Waals surface area contributed by atoms with E-state index in [4.69, 9.17) is 16.3 Å². The second-order valence-corrected chi connectivity index (χ2v) is 9.45. The van der Waals surface area contributed by atoms with Crippen molar-refractivity contribution in [3.05, 3.63) is 87.7 Å². The van der Waals surface area contributed by atoms with Gasteiger partial charge in [0.25, 0.3) is 0 Å². The number of rotatable bonds is 7. The molecule has 1 unspecified atom stereocenters. The molecule has 4 rings (SSSR count). The van der Waals surface area contributed by atoms with Gasteiger partial charge in [-0.1, -0.05) is 50.2 Å². The molecule has 1 aliphatic rings. The van der Waals surface area contributed by atoms with Crippen LogP contribution in [0.3, 0.4) is 0 Å². The Bertz CT molecular complexity index is 1280. The predicted octanol–water partition coefficient (Wildman–Crippen LogP) is 5.36. The first-order chi connectivity index (χ1) is 18.2. The van der Waals surface area contributed by atoms with Crippen LogP contribution in [0, 0.1) is 19.7 Å². The molecule has 1 heterocycles. The Morgan fingerprint density at radius 3 is 2.61 bits per heavy atom. The third-order valence-corrected chi connectivity index (χ3v) is 6.93. The van der Waals surface area contributed by atoms with Crippen LogP contribution in [0.1, 0.15) is 59.6 Å². The van der Waals surface area contributed by atoms with Crippen LogP contribution < -0.4 is 21.3 Å². The number of fused-ring (bicyclic) bond motifs is 1. The van der Waals surface area contributed by atoms with Gasteiger partial charge in [-0.2, -0.15) is 0 Å². The number of ether oxygens (including phenoxy) is 1. The lowest BCUT2D eigenvalue weighted by Crippen LogP contribution is -2.26. The van der Waals surface area contributed by atoms with Crippen LogP contribution in [0.25, 0.3) is 0 Å². The highest BCUT2D eigenvalue weighted by Crippen LogP contribution is 2.37. The number of nitrogens with two attached hydrogens (primary N) is 2. The van der Waals surface area contributed by atoms with Crippen molar-refractivity contribution in [3.8, 4) is 5.75 Å². The maximum atomic E-state index is 14.2. The number of hydrogen-bond donors (Lipinski definition) is 3. The minimum Gasteiger partial charge on any atom is -0.489 e. The quantitative estimate of drug-likeness (QED) is 0.218. The Balaban J connectivity index is 0.00000195. The van der Waals surface area contributed by atoms with E-state index in [1.54, 1.807) is 13.1 Å². The molecule has 38 heavy (non-hydrogen) atoms. The molecular weight excluding hydrogens is 483 g/mol. The summed E-state index contributed by atoms with van der Waals surface area (Å²) in [4.78, 5) is 14.1. The zero-order valence-corrected chi connectivity index (χ0v) is 22.9. The number of nitrogen functional groups attached to an aromatic ring is 1. The summed E-state index contributed by atoms with van der Waals surface area (Å²) in [5.41, 5.74) is 13.2. The molecule has 0 bridgehead atoms. The van der Waals surface area contributed by atoms with Crippen LogP contribution >= 0.6 is 0 Å². The van der Waals surface area contributed by atoms with Crippen molar-refractivity contribution >= 4 is 17.3 Å². The van der Waals surface area contributed by atoms with Gasteiger partial charge < -0.3 is 20.6 Å². The molecule has 7 nitrogen and oxygen atoms in total. The van der Waals surface area contributed by atoms with Crippen LogP contribution in [0.5, 0.6) is 5.75 Å². The number of hydrazine groups is 1. The molecule has 0 spiro atoms. The van der Waals surface area contributed by atoms with Crippen molar-refractivity contribution in [2.24, 2.45) is 5.84 Å². The second-order valence-electron chi connectivity index (χ2n) is 9.45. The Morgan fingerprint density at radius 2 is 1.92 bits per heavy atom. The van der Waals surface area contributed by atoms with E-state index in [1.165, 1.54) is 11.1 Å². The van der Waals surface area contributed by atoms with Crippen LogP contribution in [-0.2, 0) is 17.9 Å². The zero-order valence-electron chi connectivity index (χ0n) is 22.9. The fraction of sp³-hybridized carbons (Fsp3) is 0.367. The summed E-state index contributed by atoms with van der Waals surface area (Å²) in [7, 11) is 1.71. The van der Waals surface area contributed by atoms with Gasteiger partial charge in [0.2, 0.25) is 0 Å². The summed E-state index contributed by atoms with van der Waals surface area (Å²) in [5.74, 6) is 4.63. The highest BCUT2D eigenvalue weighted by atomic mass is 19.1. The van der Waals surface area contributed by atoms with Crippen LogP contribution in [0.4, 0.5) is 15.8 Å². The average Bonchev–Trinajstić information content (AvgIpc) is 3.09. The minimum absolute atomic E-state index is 0.0647. The fourth-order valence-corrected chi connectivity index (χ4v) is 4.89. The summed E-state index contributed by atoms with van der Waals surface area (Å²) in [6, 6.07) is 14.8. The maximum absolute atomic E-state index is 14.2. The third kappa shape index (κ3) is 6.44. The number of hydrogen-bond acceptors (Lipinski definition) is 6. The van der Waals surface area contributed by atoms with E-state index < -0.39 is 5.97 Å². The SMILES string of the molecule is CC.Cc1ccc(C(CC(=O)O)c2ccc(N(C)N)c(N)c2C)cc1CN1CCOc2c(F)cccc2C1. The molecule has 0 saturated heterocycles. The van der Waals surface area contributed by atoms with Crippen molar-refractivity contribution in [3.63, 3.8) is 0 Å². The number of carbonyl (C=O) groups is 1. The number of carboxylic acids is 1. The first kappa shape index (κ1) is 28.9. The van der Waals surface area contributed by atoms with Crippen molar-refractivity contribution in [2.45, 2.75) is 53.1 Å². The molecular formula is C30H39FN4O3. The van der Waals surface area contributed by atoms with E-state index in [9.17, 15) is 14.3 Å².